The number of nitrogens with zero attached hydrogens (tertiary/aromatic N) is 6. The number of halogens is 1. The fraction of sp³-hybridized carbons (Fsp3) is 0.333. The van der Waals surface area contributed by atoms with Crippen molar-refractivity contribution >= 4 is 34.2 Å². The van der Waals surface area contributed by atoms with Gasteiger partial charge in [0, 0.05) is 35.7 Å². The van der Waals surface area contributed by atoms with Crippen LogP contribution in [-0.2, 0) is 16.1 Å². The van der Waals surface area contributed by atoms with Gasteiger partial charge in [0.2, 0.25) is 17.4 Å². The Morgan fingerprint density at radius 2 is 2.11 bits per heavy atom. The first-order chi connectivity index (χ1) is 16.9. The Morgan fingerprint density at radius 1 is 1.29 bits per heavy atom. The number of aromatic nitrogens is 5. The lowest BCUT2D eigenvalue weighted by atomic mass is 10.1. The molecular weight excluding hydrogens is 472 g/mol. The van der Waals surface area contributed by atoms with Crippen LogP contribution in [0, 0.1) is 6.57 Å². The molecule has 4 aromatic rings. The minimum absolute atomic E-state index is 0.108. The third-order valence-electron chi connectivity index (χ3n) is 5.00. The molecular formula is C24H23ClN6O4. The number of hydrogen-bond acceptors (Lipinski definition) is 8. The quantitative estimate of drug-likeness (QED) is 0.222. The average Bonchev–Trinajstić information content (AvgIpc) is 3.46. The minimum Gasteiger partial charge on any atom is -0.484 e. The zero-order valence-electron chi connectivity index (χ0n) is 19.5. The van der Waals surface area contributed by atoms with E-state index in [1.165, 1.54) is 6.20 Å². The molecule has 0 spiro atoms. The van der Waals surface area contributed by atoms with Gasteiger partial charge in [0.15, 0.2) is 0 Å². The predicted molar refractivity (Wildman–Crippen MR) is 129 cm³/mol. The van der Waals surface area contributed by atoms with Crippen LogP contribution in [0.15, 0.2) is 35.1 Å². The van der Waals surface area contributed by atoms with E-state index in [2.05, 4.69) is 25.1 Å². The van der Waals surface area contributed by atoms with E-state index in [1.807, 2.05) is 19.9 Å². The van der Waals surface area contributed by atoms with Crippen LogP contribution in [0.2, 0.25) is 5.02 Å². The average molecular weight is 495 g/mol. The first-order valence-corrected chi connectivity index (χ1v) is 11.5. The summed E-state index contributed by atoms with van der Waals surface area (Å²) in [6.45, 7) is 13.8. The van der Waals surface area contributed by atoms with Crippen molar-refractivity contribution in [1.82, 2.24) is 24.9 Å². The Kier molecular flexibility index (Phi) is 7.27. The molecule has 0 aliphatic rings. The molecule has 0 saturated heterocycles. The van der Waals surface area contributed by atoms with Gasteiger partial charge in [0.25, 0.3) is 5.89 Å². The maximum Gasteiger partial charge on any atom is 0.305 e. The number of hydrogen-bond donors (Lipinski definition) is 0. The van der Waals surface area contributed by atoms with E-state index in [0.717, 1.165) is 10.9 Å². The summed E-state index contributed by atoms with van der Waals surface area (Å²) in [6, 6.07) is 5.22. The van der Waals surface area contributed by atoms with Crippen molar-refractivity contribution in [3.05, 3.63) is 47.0 Å². The van der Waals surface area contributed by atoms with Crippen LogP contribution in [0.1, 0.15) is 33.6 Å². The molecule has 0 fully saturated rings. The second-order valence-electron chi connectivity index (χ2n) is 7.92. The molecule has 0 amide bonds. The largest absolute Gasteiger partial charge is 0.484 e. The fourth-order valence-electron chi connectivity index (χ4n) is 3.46. The van der Waals surface area contributed by atoms with Gasteiger partial charge in [-0.05, 0) is 45.4 Å². The molecule has 3 heterocycles. The maximum absolute atomic E-state index is 11.6. The minimum atomic E-state index is -0.224. The maximum atomic E-state index is 11.6. The molecule has 0 unspecified atom stereocenters. The van der Waals surface area contributed by atoms with Crippen molar-refractivity contribution in [2.45, 2.75) is 46.3 Å². The van der Waals surface area contributed by atoms with Gasteiger partial charge in [-0.25, -0.2) is 9.83 Å². The van der Waals surface area contributed by atoms with Crippen molar-refractivity contribution in [3.63, 3.8) is 0 Å². The number of aryl methyl sites for hydroxylation is 1. The molecule has 1 aromatic carbocycles. The van der Waals surface area contributed by atoms with Gasteiger partial charge < -0.3 is 14.0 Å². The van der Waals surface area contributed by atoms with E-state index in [1.54, 1.807) is 29.9 Å². The zero-order chi connectivity index (χ0) is 24.9. The summed E-state index contributed by atoms with van der Waals surface area (Å²) in [7, 11) is 0. The van der Waals surface area contributed by atoms with E-state index < -0.39 is 0 Å². The van der Waals surface area contributed by atoms with Crippen LogP contribution in [0.5, 0.6) is 5.88 Å². The first-order valence-electron chi connectivity index (χ1n) is 11.1. The Balaban J connectivity index is 1.56. The molecule has 10 nitrogen and oxygen atoms in total. The van der Waals surface area contributed by atoms with Crippen LogP contribution >= 0.6 is 11.6 Å². The summed E-state index contributed by atoms with van der Waals surface area (Å²) in [5, 5.41) is 9.75. The highest BCUT2D eigenvalue weighted by Crippen LogP contribution is 2.34. The summed E-state index contributed by atoms with van der Waals surface area (Å²) < 4.78 is 17.8. The Bertz CT molecular complexity index is 1410. The summed E-state index contributed by atoms with van der Waals surface area (Å²) in [6.07, 6.45) is 4.06. The van der Waals surface area contributed by atoms with E-state index in [0.29, 0.717) is 48.0 Å². The molecule has 0 aliphatic heterocycles. The highest BCUT2D eigenvalue weighted by Gasteiger charge is 2.18. The topological polar surface area (TPSA) is 110 Å². The molecule has 11 heteroatoms. The lowest BCUT2D eigenvalue weighted by Gasteiger charge is -2.10. The molecule has 180 valence electrons. The Morgan fingerprint density at radius 3 is 2.86 bits per heavy atom. The molecule has 4 rings (SSSR count). The normalized spacial score (nSPS) is 11.1. The molecule has 0 N–H and O–H groups in total. The van der Waals surface area contributed by atoms with Crippen LogP contribution < -0.4 is 4.74 Å². The first kappa shape index (κ1) is 24.2. The van der Waals surface area contributed by atoms with Gasteiger partial charge in [-0.1, -0.05) is 16.8 Å². The van der Waals surface area contributed by atoms with Crippen molar-refractivity contribution in [1.29, 1.82) is 0 Å². The Hall–Kier alpha value is -3.97. The number of ether oxygens (including phenoxy) is 2. The lowest BCUT2D eigenvalue weighted by molar-refractivity contribution is -0.143. The summed E-state index contributed by atoms with van der Waals surface area (Å²) >= 11 is 6.56. The molecule has 0 saturated carbocycles. The monoisotopic (exact) mass is 494 g/mol. The molecule has 0 atom stereocenters. The van der Waals surface area contributed by atoms with Crippen LogP contribution in [-0.4, -0.2) is 43.6 Å². The van der Waals surface area contributed by atoms with Gasteiger partial charge in [-0.3, -0.25) is 9.48 Å². The highest BCUT2D eigenvalue weighted by atomic mass is 35.5. The fourth-order valence-corrected chi connectivity index (χ4v) is 3.70. The van der Waals surface area contributed by atoms with Crippen LogP contribution in [0.3, 0.4) is 0 Å². The smallest absolute Gasteiger partial charge is 0.305 e. The molecule has 3 aromatic heterocycles. The summed E-state index contributed by atoms with van der Waals surface area (Å²) in [5.74, 6) is 0.539. The van der Waals surface area contributed by atoms with Gasteiger partial charge in [-0.2, -0.15) is 10.1 Å². The lowest BCUT2D eigenvalue weighted by Crippen LogP contribution is -2.07. The molecule has 0 aliphatic carbocycles. The number of carbonyl (C=O) groups is 1. The van der Waals surface area contributed by atoms with Crippen molar-refractivity contribution in [3.8, 4) is 28.7 Å². The van der Waals surface area contributed by atoms with Gasteiger partial charge >= 0.3 is 5.97 Å². The van der Waals surface area contributed by atoms with E-state index in [-0.39, 0.29) is 29.5 Å². The van der Waals surface area contributed by atoms with Crippen molar-refractivity contribution < 1.29 is 18.8 Å². The number of carbonyl (C=O) groups excluding carboxylic acids is 1. The standard InChI is InChI=1S/C24H23ClN6O4/c1-5-33-21(32)7-6-8-31-20-11-18(25)17(9-15(20)13-28-31)22-29-23(35-30-22)16-10-19(26-4)24(27-12-16)34-14(2)3/h9-14H,5-8H2,1-3H3. The van der Waals surface area contributed by atoms with Gasteiger partial charge in [0.05, 0.1) is 36.0 Å². The Labute approximate surface area is 206 Å². The summed E-state index contributed by atoms with van der Waals surface area (Å²) in [4.78, 5) is 23.7. The van der Waals surface area contributed by atoms with Crippen molar-refractivity contribution in [2.24, 2.45) is 0 Å². The second kappa shape index (κ2) is 10.5. The van der Waals surface area contributed by atoms with Crippen molar-refractivity contribution in [2.75, 3.05) is 6.61 Å². The summed E-state index contributed by atoms with van der Waals surface area (Å²) in [5.41, 5.74) is 2.17. The van der Waals surface area contributed by atoms with Crippen LogP contribution in [0.4, 0.5) is 5.69 Å². The number of esters is 1. The van der Waals surface area contributed by atoms with Gasteiger partial charge in [-0.15, -0.1) is 0 Å². The highest BCUT2D eigenvalue weighted by molar-refractivity contribution is 6.34. The SMILES string of the molecule is [C-]#[N+]c1cc(-c2nc(-c3cc4cnn(CCCC(=O)OCC)c4cc3Cl)no2)cnc1OC(C)C. The third kappa shape index (κ3) is 5.41. The number of fused-ring (bicyclic) bond motifs is 1. The number of benzene rings is 1. The number of pyridine rings is 1. The predicted octanol–water partition coefficient (Wildman–Crippen LogP) is 5.48. The van der Waals surface area contributed by atoms with Crippen LogP contribution in [0.25, 0.3) is 38.6 Å². The molecule has 0 radical (unpaired) electrons. The molecule has 0 bridgehead atoms. The van der Waals surface area contributed by atoms with E-state index in [4.69, 9.17) is 32.2 Å². The van der Waals surface area contributed by atoms with Gasteiger partial charge in [0.1, 0.15) is 0 Å². The number of rotatable bonds is 9. The van der Waals surface area contributed by atoms with E-state index >= 15 is 0 Å². The third-order valence-corrected chi connectivity index (χ3v) is 5.31. The van der Waals surface area contributed by atoms with E-state index in [9.17, 15) is 4.79 Å². The molecule has 35 heavy (non-hydrogen) atoms. The zero-order valence-corrected chi connectivity index (χ0v) is 20.2. The second-order valence-corrected chi connectivity index (χ2v) is 8.32.